The summed E-state index contributed by atoms with van der Waals surface area (Å²) in [4.78, 5) is 15.2. The minimum absolute atomic E-state index is 0.109. The van der Waals surface area contributed by atoms with Crippen molar-refractivity contribution in [2.24, 2.45) is 7.05 Å². The Labute approximate surface area is 148 Å². The predicted octanol–water partition coefficient (Wildman–Crippen LogP) is 3.49. The number of benzene rings is 2. The fourth-order valence-electron chi connectivity index (χ4n) is 3.96. The highest BCUT2D eigenvalue weighted by Crippen LogP contribution is 2.26. The molecule has 25 heavy (non-hydrogen) atoms. The molecule has 0 aliphatic carbocycles. The van der Waals surface area contributed by atoms with Gasteiger partial charge in [-0.1, -0.05) is 42.0 Å². The molecule has 0 N–H and O–H groups in total. The summed E-state index contributed by atoms with van der Waals surface area (Å²) >= 11 is 0. The summed E-state index contributed by atoms with van der Waals surface area (Å²) in [6.07, 6.45) is 2.06. The second-order valence-electron chi connectivity index (χ2n) is 7.19. The fourth-order valence-corrected chi connectivity index (χ4v) is 3.96. The first-order chi connectivity index (χ1) is 12.1. The third-order valence-corrected chi connectivity index (χ3v) is 5.44. The summed E-state index contributed by atoms with van der Waals surface area (Å²) in [5, 5.41) is 0. The molecule has 0 amide bonds. The third-order valence-electron chi connectivity index (χ3n) is 5.44. The Kier molecular flexibility index (Phi) is 4.22. The molecule has 1 aliphatic heterocycles. The molecular weight excluding hydrogens is 310 g/mol. The zero-order valence-electron chi connectivity index (χ0n) is 15.0. The number of imidazole rings is 1. The molecule has 1 fully saturated rings. The van der Waals surface area contributed by atoms with Crippen LogP contribution in [-0.4, -0.2) is 27.1 Å². The normalized spacial score (nSPS) is 16.6. The second kappa shape index (κ2) is 6.52. The first kappa shape index (κ1) is 16.2. The Morgan fingerprint density at radius 2 is 1.60 bits per heavy atom. The van der Waals surface area contributed by atoms with Crippen LogP contribution in [0.4, 0.5) is 0 Å². The van der Waals surface area contributed by atoms with E-state index in [-0.39, 0.29) is 5.69 Å². The SMILES string of the molecule is Cc1ccc(CN2CCC(n3c(=O)n(C)c4ccccc43)CC2)cc1. The maximum absolute atomic E-state index is 12.7. The zero-order chi connectivity index (χ0) is 17.4. The number of para-hydroxylation sites is 2. The van der Waals surface area contributed by atoms with E-state index in [0.29, 0.717) is 6.04 Å². The van der Waals surface area contributed by atoms with E-state index in [1.54, 1.807) is 4.57 Å². The van der Waals surface area contributed by atoms with Crippen molar-refractivity contribution >= 4 is 11.0 Å². The van der Waals surface area contributed by atoms with Crippen LogP contribution in [0.3, 0.4) is 0 Å². The van der Waals surface area contributed by atoms with Crippen molar-refractivity contribution in [3.8, 4) is 0 Å². The van der Waals surface area contributed by atoms with Crippen LogP contribution in [0, 0.1) is 6.92 Å². The lowest BCUT2D eigenvalue weighted by Gasteiger charge is -2.32. The second-order valence-corrected chi connectivity index (χ2v) is 7.19. The van der Waals surface area contributed by atoms with Crippen LogP contribution in [0.25, 0.3) is 11.0 Å². The minimum Gasteiger partial charge on any atom is -0.299 e. The summed E-state index contributed by atoms with van der Waals surface area (Å²) < 4.78 is 3.78. The summed E-state index contributed by atoms with van der Waals surface area (Å²) in [7, 11) is 1.87. The molecule has 1 saturated heterocycles. The number of hydrogen-bond donors (Lipinski definition) is 0. The molecule has 0 spiro atoms. The molecule has 4 heteroatoms. The molecule has 0 radical (unpaired) electrons. The number of aromatic nitrogens is 2. The molecule has 1 aromatic heterocycles. The Morgan fingerprint density at radius 3 is 2.28 bits per heavy atom. The molecule has 0 saturated carbocycles. The highest BCUT2D eigenvalue weighted by atomic mass is 16.1. The standard InChI is InChI=1S/C21H25N3O/c1-16-7-9-17(10-8-16)15-23-13-11-18(12-14-23)24-20-6-4-3-5-19(20)22(2)21(24)25/h3-10,18H,11-15H2,1-2H3. The van der Waals surface area contributed by atoms with Crippen LogP contribution in [-0.2, 0) is 13.6 Å². The number of hydrogen-bond acceptors (Lipinski definition) is 2. The van der Waals surface area contributed by atoms with Gasteiger partial charge in [-0.05, 0) is 37.5 Å². The van der Waals surface area contributed by atoms with Gasteiger partial charge in [0.25, 0.3) is 0 Å². The van der Waals surface area contributed by atoms with Crippen LogP contribution in [0.5, 0.6) is 0 Å². The van der Waals surface area contributed by atoms with E-state index in [9.17, 15) is 4.79 Å². The van der Waals surface area contributed by atoms with Crippen LogP contribution in [0.2, 0.25) is 0 Å². The van der Waals surface area contributed by atoms with Crippen molar-refractivity contribution in [1.82, 2.24) is 14.0 Å². The zero-order valence-corrected chi connectivity index (χ0v) is 15.0. The molecule has 130 valence electrons. The largest absolute Gasteiger partial charge is 0.329 e. The summed E-state index contributed by atoms with van der Waals surface area (Å²) in [6, 6.07) is 17.2. The van der Waals surface area contributed by atoms with Crippen molar-refractivity contribution in [1.29, 1.82) is 0 Å². The van der Waals surface area contributed by atoms with Gasteiger partial charge in [-0.3, -0.25) is 14.0 Å². The van der Waals surface area contributed by atoms with Gasteiger partial charge in [-0.2, -0.15) is 0 Å². The molecule has 3 aromatic rings. The molecule has 2 heterocycles. The monoisotopic (exact) mass is 335 g/mol. The molecule has 2 aromatic carbocycles. The summed E-state index contributed by atoms with van der Waals surface area (Å²) in [6.45, 7) is 5.19. The van der Waals surface area contributed by atoms with Crippen LogP contribution < -0.4 is 5.69 Å². The first-order valence-electron chi connectivity index (χ1n) is 9.07. The minimum atomic E-state index is 0.109. The number of piperidine rings is 1. The van der Waals surface area contributed by atoms with Crippen molar-refractivity contribution in [2.45, 2.75) is 32.4 Å². The number of likely N-dealkylation sites (tertiary alicyclic amines) is 1. The first-order valence-corrected chi connectivity index (χ1v) is 9.07. The van der Waals surface area contributed by atoms with Crippen LogP contribution in [0.15, 0.2) is 53.3 Å². The van der Waals surface area contributed by atoms with Gasteiger partial charge in [0.05, 0.1) is 11.0 Å². The lowest BCUT2D eigenvalue weighted by molar-refractivity contribution is 0.179. The van der Waals surface area contributed by atoms with Gasteiger partial charge in [-0.25, -0.2) is 4.79 Å². The Bertz CT molecular complexity index is 928. The van der Waals surface area contributed by atoms with Gasteiger partial charge >= 0.3 is 5.69 Å². The predicted molar refractivity (Wildman–Crippen MR) is 102 cm³/mol. The number of rotatable bonds is 3. The van der Waals surface area contributed by atoms with Gasteiger partial charge < -0.3 is 0 Å². The fraction of sp³-hybridized carbons (Fsp3) is 0.381. The van der Waals surface area contributed by atoms with Gasteiger partial charge in [0.1, 0.15) is 0 Å². The van der Waals surface area contributed by atoms with Crippen LogP contribution >= 0.6 is 0 Å². The van der Waals surface area contributed by atoms with E-state index in [0.717, 1.165) is 43.5 Å². The molecule has 0 unspecified atom stereocenters. The lowest BCUT2D eigenvalue weighted by Crippen LogP contribution is -2.37. The Morgan fingerprint density at radius 1 is 0.960 bits per heavy atom. The van der Waals surface area contributed by atoms with E-state index in [1.807, 2.05) is 29.8 Å². The van der Waals surface area contributed by atoms with E-state index in [1.165, 1.54) is 11.1 Å². The van der Waals surface area contributed by atoms with Gasteiger partial charge in [0, 0.05) is 32.7 Å². The van der Waals surface area contributed by atoms with Crippen LogP contribution in [0.1, 0.15) is 30.0 Å². The van der Waals surface area contributed by atoms with Crippen molar-refractivity contribution in [2.75, 3.05) is 13.1 Å². The number of nitrogens with zero attached hydrogens (tertiary/aromatic N) is 3. The summed E-state index contributed by atoms with van der Waals surface area (Å²) in [5.74, 6) is 0. The molecule has 0 bridgehead atoms. The van der Waals surface area contributed by atoms with Crippen molar-refractivity contribution < 1.29 is 0 Å². The van der Waals surface area contributed by atoms with E-state index in [2.05, 4.69) is 42.2 Å². The molecule has 1 aliphatic rings. The van der Waals surface area contributed by atoms with Gasteiger partial charge in [0.15, 0.2) is 0 Å². The maximum atomic E-state index is 12.7. The topological polar surface area (TPSA) is 30.2 Å². The smallest absolute Gasteiger partial charge is 0.299 e. The molecule has 0 atom stereocenters. The van der Waals surface area contributed by atoms with E-state index >= 15 is 0 Å². The number of aryl methyl sites for hydroxylation is 2. The molecular formula is C21H25N3O. The average molecular weight is 335 g/mol. The van der Waals surface area contributed by atoms with E-state index < -0.39 is 0 Å². The van der Waals surface area contributed by atoms with E-state index in [4.69, 9.17) is 0 Å². The average Bonchev–Trinajstić information content (AvgIpc) is 2.89. The Hall–Kier alpha value is -2.33. The molecule has 4 rings (SSSR count). The lowest BCUT2D eigenvalue weighted by atomic mass is 10.0. The van der Waals surface area contributed by atoms with Gasteiger partial charge in [-0.15, -0.1) is 0 Å². The van der Waals surface area contributed by atoms with Crippen molar-refractivity contribution in [3.63, 3.8) is 0 Å². The Balaban J connectivity index is 1.50. The highest BCUT2D eigenvalue weighted by Gasteiger charge is 2.24. The highest BCUT2D eigenvalue weighted by molar-refractivity contribution is 5.76. The molecule has 4 nitrogen and oxygen atoms in total. The third kappa shape index (κ3) is 3.02. The number of fused-ring (bicyclic) bond motifs is 1. The van der Waals surface area contributed by atoms with Gasteiger partial charge in [0.2, 0.25) is 0 Å². The summed E-state index contributed by atoms with van der Waals surface area (Å²) in [5.41, 5.74) is 4.86. The van der Waals surface area contributed by atoms with Crippen molar-refractivity contribution in [3.05, 3.63) is 70.1 Å². The quantitative estimate of drug-likeness (QED) is 0.733. The maximum Gasteiger partial charge on any atom is 0.329 e.